The maximum Gasteiger partial charge on any atom is 0.293 e. The molecule has 2 aromatic carbocycles. The Morgan fingerprint density at radius 2 is 2.03 bits per heavy atom. The zero-order valence-electron chi connectivity index (χ0n) is 16.8. The lowest BCUT2D eigenvalue weighted by Gasteiger charge is -2.14. The molecular formula is C21H19IN2O6S. The van der Waals surface area contributed by atoms with E-state index in [0.717, 1.165) is 15.3 Å². The van der Waals surface area contributed by atoms with Gasteiger partial charge in [-0.15, -0.1) is 0 Å². The molecule has 0 spiro atoms. The van der Waals surface area contributed by atoms with Crippen LogP contribution in [0.2, 0.25) is 0 Å². The molecule has 1 fully saturated rings. The average Bonchev–Trinajstić information content (AvgIpc) is 3.00. The highest BCUT2D eigenvalue weighted by Gasteiger charge is 2.34. The van der Waals surface area contributed by atoms with Crippen molar-refractivity contribution < 1.29 is 24.0 Å². The van der Waals surface area contributed by atoms with E-state index in [4.69, 9.17) is 9.47 Å². The number of nitrogens with zero attached hydrogens (tertiary/aromatic N) is 2. The van der Waals surface area contributed by atoms with Crippen LogP contribution in [0, 0.1) is 13.7 Å². The molecule has 2 aromatic rings. The minimum atomic E-state index is -0.454. The Kier molecular flexibility index (Phi) is 7.55. The number of nitro groups is 1. The van der Waals surface area contributed by atoms with Crippen LogP contribution in [0.3, 0.4) is 0 Å². The van der Waals surface area contributed by atoms with E-state index in [9.17, 15) is 19.7 Å². The van der Waals surface area contributed by atoms with Crippen molar-refractivity contribution in [1.82, 2.24) is 4.90 Å². The number of hydrogen-bond donors (Lipinski definition) is 0. The third-order valence-electron chi connectivity index (χ3n) is 4.37. The number of ether oxygens (including phenoxy) is 2. The van der Waals surface area contributed by atoms with Crippen LogP contribution in [-0.4, -0.2) is 34.6 Å². The number of carbonyl (C=O) groups excluding carboxylic acids is 2. The van der Waals surface area contributed by atoms with Gasteiger partial charge in [-0.3, -0.25) is 24.6 Å². The van der Waals surface area contributed by atoms with Crippen LogP contribution in [-0.2, 0) is 11.4 Å². The molecule has 3 rings (SSSR count). The second-order valence-corrected chi connectivity index (χ2v) is 8.74. The molecule has 8 nitrogen and oxygen atoms in total. The summed E-state index contributed by atoms with van der Waals surface area (Å²) in [5, 5.41) is 10.7. The highest BCUT2D eigenvalue weighted by atomic mass is 127. The van der Waals surface area contributed by atoms with Gasteiger partial charge in [-0.05, 0) is 70.1 Å². The van der Waals surface area contributed by atoms with Gasteiger partial charge in [0.2, 0.25) is 0 Å². The van der Waals surface area contributed by atoms with Crippen LogP contribution in [0.5, 0.6) is 11.5 Å². The fourth-order valence-corrected chi connectivity index (χ4v) is 4.59. The zero-order chi connectivity index (χ0) is 22.5. The lowest BCUT2D eigenvalue weighted by Crippen LogP contribution is -2.28. The molecule has 1 aliphatic rings. The normalized spacial score (nSPS) is 14.9. The lowest BCUT2D eigenvalue weighted by atomic mass is 10.1. The molecule has 1 aliphatic heterocycles. The molecule has 31 heavy (non-hydrogen) atoms. The molecular weight excluding hydrogens is 535 g/mol. The standard InChI is InChI=1S/C21H19IN2O6S/c1-3-7-23-20(25)18(31-21(23)26)11-14-9-16(22)19(17(10-14)29-2)30-12-13-5-4-6-15(8-13)24(27)28/h4-6,8-11H,3,7,12H2,1-2H3/b18-11+. The first-order chi connectivity index (χ1) is 14.8. The molecule has 1 heterocycles. The average molecular weight is 554 g/mol. The van der Waals surface area contributed by atoms with Crippen LogP contribution in [0.25, 0.3) is 6.08 Å². The van der Waals surface area contributed by atoms with Crippen molar-refractivity contribution in [3.63, 3.8) is 0 Å². The maximum absolute atomic E-state index is 12.5. The Morgan fingerprint density at radius 3 is 2.71 bits per heavy atom. The zero-order valence-corrected chi connectivity index (χ0v) is 19.8. The highest BCUT2D eigenvalue weighted by Crippen LogP contribution is 2.37. The number of halogens is 1. The van der Waals surface area contributed by atoms with Gasteiger partial charge in [0, 0.05) is 18.7 Å². The van der Waals surface area contributed by atoms with E-state index in [1.807, 2.05) is 13.0 Å². The smallest absolute Gasteiger partial charge is 0.293 e. The van der Waals surface area contributed by atoms with Gasteiger partial charge in [-0.25, -0.2) is 0 Å². The number of methoxy groups -OCH3 is 1. The monoisotopic (exact) mass is 554 g/mol. The topological polar surface area (TPSA) is 99.0 Å². The Labute approximate surface area is 196 Å². The van der Waals surface area contributed by atoms with E-state index in [-0.39, 0.29) is 23.4 Å². The minimum absolute atomic E-state index is 0.00451. The van der Waals surface area contributed by atoms with Crippen LogP contribution < -0.4 is 9.47 Å². The highest BCUT2D eigenvalue weighted by molar-refractivity contribution is 14.1. The van der Waals surface area contributed by atoms with Gasteiger partial charge in [0.15, 0.2) is 11.5 Å². The van der Waals surface area contributed by atoms with Gasteiger partial charge in [-0.2, -0.15) is 0 Å². The quantitative estimate of drug-likeness (QED) is 0.191. The molecule has 0 unspecified atom stereocenters. The Morgan fingerprint density at radius 1 is 1.26 bits per heavy atom. The van der Waals surface area contributed by atoms with Crippen LogP contribution in [0.1, 0.15) is 24.5 Å². The largest absolute Gasteiger partial charge is 0.493 e. The number of hydrogen-bond acceptors (Lipinski definition) is 7. The summed E-state index contributed by atoms with van der Waals surface area (Å²) in [6.45, 7) is 2.43. The van der Waals surface area contributed by atoms with Crippen molar-refractivity contribution in [3.8, 4) is 11.5 Å². The van der Waals surface area contributed by atoms with Crippen molar-refractivity contribution in [1.29, 1.82) is 0 Å². The van der Waals surface area contributed by atoms with Crippen LogP contribution in [0.4, 0.5) is 10.5 Å². The molecule has 0 radical (unpaired) electrons. The molecule has 0 atom stereocenters. The first-order valence-corrected chi connectivity index (χ1v) is 11.2. The second kappa shape index (κ2) is 10.1. The van der Waals surface area contributed by atoms with Crippen LogP contribution in [0.15, 0.2) is 41.3 Å². The Hall–Kier alpha value is -2.60. The summed E-state index contributed by atoms with van der Waals surface area (Å²) >= 11 is 3.02. The van der Waals surface area contributed by atoms with E-state index in [0.29, 0.717) is 40.5 Å². The molecule has 0 bridgehead atoms. The molecule has 10 heteroatoms. The molecule has 1 saturated heterocycles. The number of carbonyl (C=O) groups is 2. The Balaban J connectivity index is 1.82. The summed E-state index contributed by atoms with van der Waals surface area (Å²) in [5.74, 6) is 0.652. The van der Waals surface area contributed by atoms with Crippen molar-refractivity contribution in [2.45, 2.75) is 20.0 Å². The van der Waals surface area contributed by atoms with Crippen molar-refractivity contribution >= 4 is 57.3 Å². The first-order valence-electron chi connectivity index (χ1n) is 9.33. The van der Waals surface area contributed by atoms with E-state index >= 15 is 0 Å². The summed E-state index contributed by atoms with van der Waals surface area (Å²) < 4.78 is 12.1. The number of nitro benzene ring substituents is 1. The lowest BCUT2D eigenvalue weighted by molar-refractivity contribution is -0.384. The molecule has 0 saturated carbocycles. The Bertz CT molecular complexity index is 1070. The summed E-state index contributed by atoms with van der Waals surface area (Å²) in [4.78, 5) is 36.6. The summed E-state index contributed by atoms with van der Waals surface area (Å²) in [6.07, 6.45) is 2.36. The number of thioether (sulfide) groups is 1. The fourth-order valence-electron chi connectivity index (χ4n) is 2.95. The van der Waals surface area contributed by atoms with Gasteiger partial charge >= 0.3 is 0 Å². The molecule has 162 valence electrons. The van der Waals surface area contributed by atoms with Crippen molar-refractivity contribution in [2.75, 3.05) is 13.7 Å². The molecule has 0 aromatic heterocycles. The van der Waals surface area contributed by atoms with E-state index < -0.39 is 4.92 Å². The third-order valence-corrected chi connectivity index (χ3v) is 6.08. The van der Waals surface area contributed by atoms with Gasteiger partial charge in [0.1, 0.15) is 6.61 Å². The van der Waals surface area contributed by atoms with E-state index in [2.05, 4.69) is 22.6 Å². The first kappa shape index (κ1) is 23.1. The summed E-state index contributed by atoms with van der Waals surface area (Å²) in [7, 11) is 1.50. The summed E-state index contributed by atoms with van der Waals surface area (Å²) in [5.41, 5.74) is 1.35. The SMILES string of the molecule is CCCN1C(=O)S/C(=C/c2cc(I)c(OCc3cccc([N+](=O)[O-])c3)c(OC)c2)C1=O. The summed E-state index contributed by atoms with van der Waals surface area (Å²) in [6, 6.07) is 9.77. The second-order valence-electron chi connectivity index (χ2n) is 6.58. The van der Waals surface area contributed by atoms with E-state index in [1.165, 1.54) is 24.1 Å². The number of imide groups is 1. The van der Waals surface area contributed by atoms with Gasteiger partial charge in [-0.1, -0.05) is 19.1 Å². The maximum atomic E-state index is 12.5. The van der Waals surface area contributed by atoms with E-state index in [1.54, 1.807) is 24.3 Å². The predicted octanol–water partition coefficient (Wildman–Crippen LogP) is 5.23. The van der Waals surface area contributed by atoms with Gasteiger partial charge in [0.25, 0.3) is 16.8 Å². The number of benzene rings is 2. The van der Waals surface area contributed by atoms with Crippen molar-refractivity contribution in [3.05, 3.63) is 66.1 Å². The molecule has 0 aliphatic carbocycles. The number of non-ortho nitro benzene ring substituents is 1. The molecule has 0 N–H and O–H groups in total. The predicted molar refractivity (Wildman–Crippen MR) is 126 cm³/mol. The number of amides is 2. The third kappa shape index (κ3) is 5.37. The number of rotatable bonds is 8. The van der Waals surface area contributed by atoms with Crippen LogP contribution >= 0.6 is 34.4 Å². The van der Waals surface area contributed by atoms with Crippen molar-refractivity contribution in [2.24, 2.45) is 0 Å². The molecule has 2 amide bonds. The fraction of sp³-hybridized carbons (Fsp3) is 0.238. The van der Waals surface area contributed by atoms with Gasteiger partial charge < -0.3 is 9.47 Å². The van der Waals surface area contributed by atoms with Gasteiger partial charge in [0.05, 0.1) is 20.5 Å². The minimum Gasteiger partial charge on any atom is -0.493 e.